The van der Waals surface area contributed by atoms with Crippen molar-refractivity contribution in [1.82, 2.24) is 14.9 Å². The van der Waals surface area contributed by atoms with Gasteiger partial charge in [-0.3, -0.25) is 4.79 Å². The first-order chi connectivity index (χ1) is 16.2. The molecular formula is C22H25F3N4O5. The Morgan fingerprint density at radius 1 is 1.24 bits per heavy atom. The molecule has 12 heteroatoms. The Balaban J connectivity index is 0.000000406. The van der Waals surface area contributed by atoms with Gasteiger partial charge >= 0.3 is 12.1 Å². The number of likely N-dealkylation sites (tertiary alicyclic amines) is 1. The Bertz CT molecular complexity index is 977. The number of carbonyl (C=O) groups excluding carboxylic acids is 1. The molecule has 1 aromatic heterocycles. The fourth-order valence-electron chi connectivity index (χ4n) is 3.89. The van der Waals surface area contributed by atoms with Crippen molar-refractivity contribution in [3.05, 3.63) is 48.3 Å². The van der Waals surface area contributed by atoms with Crippen molar-refractivity contribution in [3.63, 3.8) is 0 Å². The second-order valence-corrected chi connectivity index (χ2v) is 7.88. The van der Waals surface area contributed by atoms with E-state index in [4.69, 9.17) is 19.4 Å². The van der Waals surface area contributed by atoms with E-state index in [-0.39, 0.29) is 12.0 Å². The maximum absolute atomic E-state index is 12.7. The van der Waals surface area contributed by atoms with Crippen molar-refractivity contribution in [2.75, 3.05) is 38.7 Å². The molecular weight excluding hydrogens is 457 g/mol. The van der Waals surface area contributed by atoms with Crippen LogP contribution in [0.2, 0.25) is 0 Å². The van der Waals surface area contributed by atoms with Gasteiger partial charge in [0, 0.05) is 43.9 Å². The third kappa shape index (κ3) is 6.80. The zero-order chi connectivity index (χ0) is 24.7. The number of hydrogen-bond donors (Lipinski definition) is 2. The molecule has 0 bridgehead atoms. The van der Waals surface area contributed by atoms with Crippen LogP contribution in [-0.4, -0.2) is 77.5 Å². The number of aliphatic carboxylic acids is 1. The van der Waals surface area contributed by atoms with Gasteiger partial charge in [0.15, 0.2) is 0 Å². The van der Waals surface area contributed by atoms with E-state index in [1.165, 1.54) is 0 Å². The number of nitrogens with one attached hydrogen (secondary N) is 1. The number of methoxy groups -OCH3 is 1. The summed E-state index contributed by atoms with van der Waals surface area (Å²) in [5.74, 6) is -0.503. The maximum atomic E-state index is 12.7. The summed E-state index contributed by atoms with van der Waals surface area (Å²) in [5, 5.41) is 10.4. The first-order valence-electron chi connectivity index (χ1n) is 10.5. The van der Waals surface area contributed by atoms with E-state index in [1.54, 1.807) is 25.6 Å². The Labute approximate surface area is 193 Å². The lowest BCUT2D eigenvalue weighted by atomic mass is 9.93. The molecule has 1 aromatic carbocycles. The minimum absolute atomic E-state index is 0.128. The van der Waals surface area contributed by atoms with Crippen LogP contribution in [0.3, 0.4) is 0 Å². The number of amides is 1. The first kappa shape index (κ1) is 25.2. The van der Waals surface area contributed by atoms with Crippen LogP contribution >= 0.6 is 0 Å². The number of alkyl halides is 3. The van der Waals surface area contributed by atoms with Crippen LogP contribution in [0.15, 0.2) is 42.7 Å². The summed E-state index contributed by atoms with van der Waals surface area (Å²) >= 11 is 0. The molecule has 0 unspecified atom stereocenters. The number of carboxylic acids is 1. The minimum atomic E-state index is -5.08. The Hall–Kier alpha value is -3.41. The fourth-order valence-corrected chi connectivity index (χ4v) is 3.89. The molecule has 9 nitrogen and oxygen atoms in total. The number of anilines is 1. The van der Waals surface area contributed by atoms with Crippen molar-refractivity contribution in [2.24, 2.45) is 11.8 Å². The number of hydrogen-bond acceptors (Lipinski definition) is 7. The van der Waals surface area contributed by atoms with Crippen LogP contribution < -0.4 is 10.1 Å². The third-order valence-electron chi connectivity index (χ3n) is 5.61. The number of rotatable bonds is 6. The lowest BCUT2D eigenvalue weighted by molar-refractivity contribution is -0.192. The molecule has 4 rings (SSSR count). The highest BCUT2D eigenvalue weighted by Gasteiger charge is 2.45. The monoisotopic (exact) mass is 482 g/mol. The highest BCUT2D eigenvalue weighted by molar-refractivity contribution is 5.79. The van der Waals surface area contributed by atoms with Crippen molar-refractivity contribution in [1.29, 1.82) is 0 Å². The predicted octanol–water partition coefficient (Wildman–Crippen LogP) is 2.25. The molecule has 3 atom stereocenters. The van der Waals surface area contributed by atoms with Crippen LogP contribution in [0.4, 0.5) is 19.1 Å². The summed E-state index contributed by atoms with van der Waals surface area (Å²) in [6, 6.07) is 9.47. The molecule has 2 aromatic rings. The van der Waals surface area contributed by atoms with Gasteiger partial charge in [0.05, 0.1) is 26.2 Å². The van der Waals surface area contributed by atoms with E-state index >= 15 is 0 Å². The molecule has 0 radical (unpaired) electrons. The first-order valence-corrected chi connectivity index (χ1v) is 10.5. The van der Waals surface area contributed by atoms with E-state index in [9.17, 15) is 18.0 Å². The van der Waals surface area contributed by atoms with Crippen molar-refractivity contribution >= 4 is 17.8 Å². The lowest BCUT2D eigenvalue weighted by Crippen LogP contribution is -2.33. The average molecular weight is 482 g/mol. The van der Waals surface area contributed by atoms with Crippen LogP contribution in [0.1, 0.15) is 5.56 Å². The van der Waals surface area contributed by atoms with Gasteiger partial charge in [-0.1, -0.05) is 12.1 Å². The quantitative estimate of drug-likeness (QED) is 0.645. The Kier molecular flexibility index (Phi) is 8.26. The molecule has 2 saturated heterocycles. The molecule has 2 fully saturated rings. The van der Waals surface area contributed by atoms with E-state index in [0.29, 0.717) is 37.4 Å². The summed E-state index contributed by atoms with van der Waals surface area (Å²) in [4.78, 5) is 31.9. The number of carbonyl (C=O) groups is 2. The number of benzene rings is 1. The number of halogens is 3. The number of ether oxygens (including phenoxy) is 2. The third-order valence-corrected chi connectivity index (χ3v) is 5.61. The van der Waals surface area contributed by atoms with Crippen molar-refractivity contribution in [3.8, 4) is 5.75 Å². The van der Waals surface area contributed by atoms with Crippen LogP contribution in [0, 0.1) is 11.8 Å². The number of carboxylic acid groups (broad SMARTS) is 1. The number of fused-ring (bicyclic) bond motifs is 1. The topological polar surface area (TPSA) is 114 Å². The second kappa shape index (κ2) is 11.1. The summed E-state index contributed by atoms with van der Waals surface area (Å²) in [5.41, 5.74) is 0.969. The van der Waals surface area contributed by atoms with Crippen molar-refractivity contribution < 1.29 is 37.3 Å². The minimum Gasteiger partial charge on any atom is -0.497 e. The summed E-state index contributed by atoms with van der Waals surface area (Å²) in [6.07, 6.45) is -1.13. The van der Waals surface area contributed by atoms with Gasteiger partial charge in [0.1, 0.15) is 5.75 Å². The van der Waals surface area contributed by atoms with Gasteiger partial charge < -0.3 is 24.8 Å². The molecule has 34 heavy (non-hydrogen) atoms. The average Bonchev–Trinajstić information content (AvgIpc) is 3.40. The van der Waals surface area contributed by atoms with E-state index in [1.807, 2.05) is 29.2 Å². The number of aromatic nitrogens is 2. The molecule has 184 valence electrons. The highest BCUT2D eigenvalue weighted by Crippen LogP contribution is 2.34. The van der Waals surface area contributed by atoms with E-state index < -0.39 is 12.1 Å². The SMILES string of the molecule is COc1cccc(CC(=O)N2C[C@@H]3[C@@H](CNc4ncccn4)CO[C@@H]3C2)c1.O=C(O)C(F)(F)F. The molecule has 2 aliphatic rings. The normalized spacial score (nSPS) is 21.3. The molecule has 0 aliphatic carbocycles. The summed E-state index contributed by atoms with van der Waals surface area (Å²) in [7, 11) is 1.63. The smallest absolute Gasteiger partial charge is 0.490 e. The molecule has 2 N–H and O–H groups in total. The Morgan fingerprint density at radius 2 is 1.94 bits per heavy atom. The zero-order valence-corrected chi connectivity index (χ0v) is 18.4. The molecule has 3 heterocycles. The fraction of sp³-hybridized carbons (Fsp3) is 0.455. The molecule has 1 amide bonds. The van der Waals surface area contributed by atoms with E-state index in [2.05, 4.69) is 15.3 Å². The Morgan fingerprint density at radius 3 is 2.59 bits per heavy atom. The van der Waals surface area contributed by atoms with E-state index in [0.717, 1.165) is 24.4 Å². The van der Waals surface area contributed by atoms with Crippen LogP contribution in [0.25, 0.3) is 0 Å². The summed E-state index contributed by atoms with van der Waals surface area (Å²) < 4.78 is 42.9. The largest absolute Gasteiger partial charge is 0.497 e. The van der Waals surface area contributed by atoms with Gasteiger partial charge in [-0.25, -0.2) is 14.8 Å². The van der Waals surface area contributed by atoms with Crippen LogP contribution in [0.5, 0.6) is 5.75 Å². The summed E-state index contributed by atoms with van der Waals surface area (Å²) in [6.45, 7) is 2.89. The van der Waals surface area contributed by atoms with Gasteiger partial charge in [-0.15, -0.1) is 0 Å². The second-order valence-electron chi connectivity index (χ2n) is 7.88. The van der Waals surface area contributed by atoms with Gasteiger partial charge in [-0.05, 0) is 23.8 Å². The molecule has 0 saturated carbocycles. The lowest BCUT2D eigenvalue weighted by Gasteiger charge is -2.20. The van der Waals surface area contributed by atoms with Gasteiger partial charge in [0.25, 0.3) is 0 Å². The molecule has 2 aliphatic heterocycles. The van der Waals surface area contributed by atoms with Crippen LogP contribution in [-0.2, 0) is 20.7 Å². The van der Waals surface area contributed by atoms with Crippen molar-refractivity contribution in [2.45, 2.75) is 18.7 Å². The number of nitrogens with zero attached hydrogens (tertiary/aromatic N) is 3. The highest BCUT2D eigenvalue weighted by atomic mass is 19.4. The molecule has 0 spiro atoms. The van der Waals surface area contributed by atoms with Gasteiger partial charge in [0.2, 0.25) is 11.9 Å². The standard InChI is InChI=1S/C20H24N4O3.C2HF3O2/c1-26-16-5-2-4-14(8-16)9-19(25)24-11-17-15(13-27-18(17)12-24)10-23-20-21-6-3-7-22-20;3-2(4,5)1(6)7/h2-8,15,17-18H,9-13H2,1H3,(H,21,22,23);(H,6,7)/t15-,17+,18+;/m0./s1. The zero-order valence-electron chi connectivity index (χ0n) is 18.4. The van der Waals surface area contributed by atoms with Gasteiger partial charge in [-0.2, -0.15) is 13.2 Å². The predicted molar refractivity (Wildman–Crippen MR) is 114 cm³/mol. The maximum Gasteiger partial charge on any atom is 0.490 e.